The van der Waals surface area contributed by atoms with Crippen molar-refractivity contribution in [1.29, 1.82) is 0 Å². The Morgan fingerprint density at radius 1 is 0.808 bits per heavy atom. The summed E-state index contributed by atoms with van der Waals surface area (Å²) in [6, 6.07) is 21.9. The summed E-state index contributed by atoms with van der Waals surface area (Å²) in [6.45, 7) is 4.34. The minimum absolute atomic E-state index is 0.0336. The maximum atomic E-state index is 13.2. The molecule has 0 radical (unpaired) electrons. The zero-order chi connectivity index (χ0) is 36.0. The van der Waals surface area contributed by atoms with Crippen LogP contribution in [0.4, 0.5) is 5.69 Å². The number of anilines is 1. The smallest absolute Gasteiger partial charge is 0.271 e. The Hall–Kier alpha value is -6.44. The molecule has 2 aliphatic heterocycles. The standard InChI is InChI=1S/C38H34N8O6/c1-38(2,23-5-10-27(11-6-23)52-33-15-16-39-37(44-33)46-40-17-18-41-46)22-3-8-26(9-4-22)51-28-19-25(20-28)42-24-7-12-29-30(21-24)36(50)45(35(29)49)31-13-14-32(47)43-34(31)48/h3-12,15-18,21,25,28,31,42H,13-14,19-20H2,1-2H3,(H,43,47,48)/t25-,28-,31?. The van der Waals surface area contributed by atoms with Gasteiger partial charge in [-0.15, -0.1) is 4.80 Å². The molecular weight excluding hydrogens is 664 g/mol. The van der Waals surface area contributed by atoms with Crippen LogP contribution in [-0.2, 0) is 15.0 Å². The zero-order valence-electron chi connectivity index (χ0n) is 28.4. The topological polar surface area (TPSA) is 171 Å². The van der Waals surface area contributed by atoms with Crippen LogP contribution in [0.1, 0.15) is 71.4 Å². The number of hydrogen-bond donors (Lipinski definition) is 2. The van der Waals surface area contributed by atoms with E-state index in [9.17, 15) is 19.2 Å². The third-order valence-corrected chi connectivity index (χ3v) is 9.80. The van der Waals surface area contributed by atoms with Gasteiger partial charge in [-0.3, -0.25) is 29.4 Å². The van der Waals surface area contributed by atoms with E-state index in [1.54, 1.807) is 42.9 Å². The number of nitrogens with one attached hydrogen (secondary N) is 2. The van der Waals surface area contributed by atoms with Crippen molar-refractivity contribution in [3.63, 3.8) is 0 Å². The van der Waals surface area contributed by atoms with Gasteiger partial charge in [0.05, 0.1) is 23.5 Å². The number of amides is 4. The molecule has 1 unspecified atom stereocenters. The Morgan fingerprint density at radius 3 is 2.17 bits per heavy atom. The average molecular weight is 699 g/mol. The number of piperidine rings is 1. The first-order valence-electron chi connectivity index (χ1n) is 17.0. The van der Waals surface area contributed by atoms with Crippen LogP contribution in [0.3, 0.4) is 0 Å². The molecule has 262 valence electrons. The molecule has 2 fully saturated rings. The van der Waals surface area contributed by atoms with Crippen LogP contribution in [-0.4, -0.2) is 71.7 Å². The highest BCUT2D eigenvalue weighted by Gasteiger charge is 2.45. The maximum Gasteiger partial charge on any atom is 0.271 e. The molecule has 4 heterocycles. The second-order valence-corrected chi connectivity index (χ2v) is 13.5. The summed E-state index contributed by atoms with van der Waals surface area (Å²) in [7, 11) is 0. The van der Waals surface area contributed by atoms with Crippen LogP contribution in [0.15, 0.2) is 91.4 Å². The van der Waals surface area contributed by atoms with Gasteiger partial charge in [0.15, 0.2) is 0 Å². The predicted molar refractivity (Wildman–Crippen MR) is 186 cm³/mol. The van der Waals surface area contributed by atoms with Gasteiger partial charge in [0, 0.05) is 48.7 Å². The highest BCUT2D eigenvalue weighted by atomic mass is 16.5. The van der Waals surface area contributed by atoms with Gasteiger partial charge in [0.2, 0.25) is 17.7 Å². The summed E-state index contributed by atoms with van der Waals surface area (Å²) in [5.74, 6) is 0.0616. The Balaban J connectivity index is 0.840. The summed E-state index contributed by atoms with van der Waals surface area (Å²) >= 11 is 0. The van der Waals surface area contributed by atoms with Gasteiger partial charge in [-0.1, -0.05) is 38.1 Å². The Bertz CT molecular complexity index is 2180. The van der Waals surface area contributed by atoms with E-state index in [4.69, 9.17) is 9.47 Å². The van der Waals surface area contributed by atoms with Crippen LogP contribution >= 0.6 is 0 Å². The van der Waals surface area contributed by atoms with Gasteiger partial charge in [0.25, 0.3) is 17.8 Å². The van der Waals surface area contributed by atoms with Crippen molar-refractivity contribution in [2.45, 2.75) is 63.1 Å². The van der Waals surface area contributed by atoms with Crippen LogP contribution in [0.25, 0.3) is 5.95 Å². The molecule has 1 saturated heterocycles. The van der Waals surface area contributed by atoms with Gasteiger partial charge < -0.3 is 14.8 Å². The molecule has 8 rings (SSSR count). The van der Waals surface area contributed by atoms with E-state index in [1.807, 2.05) is 36.4 Å². The number of imide groups is 2. The zero-order valence-corrected chi connectivity index (χ0v) is 28.4. The van der Waals surface area contributed by atoms with Crippen molar-refractivity contribution >= 4 is 29.3 Å². The van der Waals surface area contributed by atoms with E-state index in [1.165, 1.54) is 4.80 Å². The molecule has 0 spiro atoms. The highest BCUT2D eigenvalue weighted by molar-refractivity contribution is 6.23. The number of hydrogen-bond acceptors (Lipinski definition) is 11. The lowest BCUT2D eigenvalue weighted by Gasteiger charge is -2.36. The number of fused-ring (bicyclic) bond motifs is 1. The van der Waals surface area contributed by atoms with E-state index in [0.717, 1.165) is 34.6 Å². The molecule has 1 atom stereocenters. The predicted octanol–water partition coefficient (Wildman–Crippen LogP) is 4.60. The fraction of sp³-hybridized carbons (Fsp3) is 0.263. The number of benzene rings is 3. The first-order valence-corrected chi connectivity index (χ1v) is 17.0. The molecule has 1 saturated carbocycles. The van der Waals surface area contributed by atoms with Gasteiger partial charge in [0.1, 0.15) is 23.6 Å². The molecular formula is C38H34N8O6. The molecule has 0 bridgehead atoms. The minimum Gasteiger partial charge on any atom is -0.490 e. The van der Waals surface area contributed by atoms with Gasteiger partial charge in [-0.25, -0.2) is 4.98 Å². The number of ether oxygens (including phenoxy) is 2. The molecule has 2 N–H and O–H groups in total. The third kappa shape index (κ3) is 6.23. The van der Waals surface area contributed by atoms with Crippen molar-refractivity contribution in [2.24, 2.45) is 0 Å². The monoisotopic (exact) mass is 698 g/mol. The van der Waals surface area contributed by atoms with Crippen LogP contribution in [0, 0.1) is 0 Å². The SMILES string of the molecule is CC(C)(c1ccc(Oc2ccnc(-n3nccn3)n2)cc1)c1ccc(O[C@H]2C[C@H](Nc3ccc4c(c3)C(=O)N(C3CCC(=O)NC3=O)C4=O)C2)cc1. The second kappa shape index (κ2) is 13.0. The summed E-state index contributed by atoms with van der Waals surface area (Å²) in [5, 5.41) is 13.8. The van der Waals surface area contributed by atoms with Crippen molar-refractivity contribution in [3.8, 4) is 23.3 Å². The summed E-state index contributed by atoms with van der Waals surface area (Å²) < 4.78 is 12.2. The largest absolute Gasteiger partial charge is 0.490 e. The van der Waals surface area contributed by atoms with E-state index in [2.05, 4.69) is 56.8 Å². The van der Waals surface area contributed by atoms with Gasteiger partial charge >= 0.3 is 0 Å². The summed E-state index contributed by atoms with van der Waals surface area (Å²) in [6.07, 6.45) is 6.48. The quantitative estimate of drug-likeness (QED) is 0.196. The minimum atomic E-state index is -0.989. The van der Waals surface area contributed by atoms with Crippen LogP contribution < -0.4 is 20.1 Å². The van der Waals surface area contributed by atoms with Gasteiger partial charge in [-0.05, 0) is 60.0 Å². The third-order valence-electron chi connectivity index (χ3n) is 9.80. The van der Waals surface area contributed by atoms with E-state index in [0.29, 0.717) is 23.3 Å². The van der Waals surface area contributed by atoms with E-state index >= 15 is 0 Å². The van der Waals surface area contributed by atoms with Crippen molar-refractivity contribution in [1.82, 2.24) is 35.2 Å². The van der Waals surface area contributed by atoms with Crippen molar-refractivity contribution in [3.05, 3.63) is 114 Å². The van der Waals surface area contributed by atoms with Gasteiger partial charge in [-0.2, -0.15) is 15.2 Å². The number of carbonyl (C=O) groups is 4. The first kappa shape index (κ1) is 32.7. The first-order chi connectivity index (χ1) is 25.1. The number of carbonyl (C=O) groups excluding carboxylic acids is 4. The van der Waals surface area contributed by atoms with E-state index < -0.39 is 29.7 Å². The lowest BCUT2D eigenvalue weighted by molar-refractivity contribution is -0.136. The van der Waals surface area contributed by atoms with Crippen LogP contribution in [0.5, 0.6) is 17.4 Å². The molecule has 3 aliphatic rings. The molecule has 5 aromatic rings. The average Bonchev–Trinajstić information content (AvgIpc) is 3.75. The molecule has 3 aromatic carbocycles. The maximum absolute atomic E-state index is 13.2. The van der Waals surface area contributed by atoms with Crippen molar-refractivity contribution in [2.75, 3.05) is 5.32 Å². The Morgan fingerprint density at radius 2 is 1.48 bits per heavy atom. The number of nitrogens with zero attached hydrogens (tertiary/aromatic N) is 6. The fourth-order valence-electron chi connectivity index (χ4n) is 6.75. The number of aromatic nitrogens is 5. The Kier molecular flexibility index (Phi) is 8.20. The molecule has 14 heteroatoms. The normalized spacial score (nSPS) is 19.9. The lowest BCUT2D eigenvalue weighted by atomic mass is 9.78. The molecule has 52 heavy (non-hydrogen) atoms. The van der Waals surface area contributed by atoms with Crippen molar-refractivity contribution < 1.29 is 28.7 Å². The molecule has 4 amide bonds. The summed E-state index contributed by atoms with van der Waals surface area (Å²) in [5.41, 5.74) is 3.19. The molecule has 2 aromatic heterocycles. The lowest BCUT2D eigenvalue weighted by Crippen LogP contribution is -2.54. The number of rotatable bonds is 10. The molecule has 1 aliphatic carbocycles. The fourth-order valence-corrected chi connectivity index (χ4v) is 6.75. The summed E-state index contributed by atoms with van der Waals surface area (Å²) in [4.78, 5) is 60.9. The van der Waals surface area contributed by atoms with Crippen LogP contribution in [0.2, 0.25) is 0 Å². The van der Waals surface area contributed by atoms with E-state index in [-0.39, 0.29) is 41.5 Å². The molecule has 14 nitrogen and oxygen atoms in total. The Labute approximate surface area is 298 Å². The second-order valence-electron chi connectivity index (χ2n) is 13.5. The highest BCUT2D eigenvalue weighted by Crippen LogP contribution is 2.36.